The van der Waals surface area contributed by atoms with Crippen LogP contribution in [0.4, 0.5) is 5.69 Å². The van der Waals surface area contributed by atoms with Gasteiger partial charge in [0, 0.05) is 25.3 Å². The Bertz CT molecular complexity index is 423. The summed E-state index contributed by atoms with van der Waals surface area (Å²) in [6.45, 7) is 4.25. The van der Waals surface area contributed by atoms with Gasteiger partial charge in [-0.2, -0.15) is 0 Å². The second-order valence-electron chi connectivity index (χ2n) is 4.54. The fourth-order valence-corrected chi connectivity index (χ4v) is 2.19. The number of likely N-dealkylation sites (N-methyl/N-ethyl adjacent to an activating group) is 1. The standard InChI is InChI=1S/C14H21N3O2.ClH/c1-15-11-14(18)16-10-12-4-2-3-5-13(12)17-6-8-19-9-7-17;/h2-5,15H,6-11H2,1H3,(H,16,18);1H. The van der Waals surface area contributed by atoms with E-state index in [2.05, 4.69) is 27.7 Å². The van der Waals surface area contributed by atoms with E-state index in [1.54, 1.807) is 7.05 Å². The van der Waals surface area contributed by atoms with Gasteiger partial charge in [-0.15, -0.1) is 12.4 Å². The summed E-state index contributed by atoms with van der Waals surface area (Å²) in [4.78, 5) is 13.8. The second-order valence-corrected chi connectivity index (χ2v) is 4.54. The lowest BCUT2D eigenvalue weighted by Gasteiger charge is -2.30. The zero-order valence-electron chi connectivity index (χ0n) is 11.7. The molecule has 1 aromatic rings. The van der Waals surface area contributed by atoms with Crippen LogP contribution in [0.25, 0.3) is 0 Å². The Hall–Kier alpha value is -1.30. The van der Waals surface area contributed by atoms with Gasteiger partial charge in [0.1, 0.15) is 0 Å². The largest absolute Gasteiger partial charge is 0.378 e. The number of ether oxygens (including phenoxy) is 1. The van der Waals surface area contributed by atoms with Gasteiger partial charge in [0.2, 0.25) is 5.91 Å². The van der Waals surface area contributed by atoms with Crippen LogP contribution < -0.4 is 15.5 Å². The molecule has 1 fully saturated rings. The first-order chi connectivity index (χ1) is 9.31. The van der Waals surface area contributed by atoms with Gasteiger partial charge in [0.25, 0.3) is 0 Å². The predicted molar refractivity (Wildman–Crippen MR) is 82.5 cm³/mol. The summed E-state index contributed by atoms with van der Waals surface area (Å²) in [5, 5.41) is 5.76. The molecule has 6 heteroatoms. The minimum atomic E-state index is 0. The number of carbonyl (C=O) groups is 1. The first-order valence-electron chi connectivity index (χ1n) is 6.63. The number of nitrogens with zero attached hydrogens (tertiary/aromatic N) is 1. The zero-order chi connectivity index (χ0) is 13.5. The van der Waals surface area contributed by atoms with Gasteiger partial charge in [-0.05, 0) is 18.7 Å². The number of carbonyl (C=O) groups excluding carboxylic acids is 1. The Labute approximate surface area is 126 Å². The van der Waals surface area contributed by atoms with Gasteiger partial charge in [-0.3, -0.25) is 4.79 Å². The quantitative estimate of drug-likeness (QED) is 0.844. The number of para-hydroxylation sites is 1. The Morgan fingerprint density at radius 3 is 2.70 bits per heavy atom. The number of rotatable bonds is 5. The lowest BCUT2D eigenvalue weighted by molar-refractivity contribution is -0.120. The number of amides is 1. The van der Waals surface area contributed by atoms with Crippen LogP contribution in [-0.4, -0.2) is 45.8 Å². The number of hydrogen-bond acceptors (Lipinski definition) is 4. The van der Waals surface area contributed by atoms with Gasteiger partial charge in [0.15, 0.2) is 0 Å². The van der Waals surface area contributed by atoms with Crippen molar-refractivity contribution >= 4 is 24.0 Å². The average Bonchev–Trinajstić information content (AvgIpc) is 2.47. The molecule has 1 aromatic carbocycles. The van der Waals surface area contributed by atoms with Gasteiger partial charge >= 0.3 is 0 Å². The van der Waals surface area contributed by atoms with Crippen molar-refractivity contribution in [1.29, 1.82) is 0 Å². The van der Waals surface area contributed by atoms with Crippen molar-refractivity contribution in [1.82, 2.24) is 10.6 Å². The van der Waals surface area contributed by atoms with Crippen LogP contribution >= 0.6 is 12.4 Å². The zero-order valence-corrected chi connectivity index (χ0v) is 12.5. The van der Waals surface area contributed by atoms with Gasteiger partial charge < -0.3 is 20.3 Å². The van der Waals surface area contributed by atoms with E-state index in [0.717, 1.165) is 31.9 Å². The molecule has 1 heterocycles. The fraction of sp³-hybridized carbons (Fsp3) is 0.500. The molecule has 1 aliphatic heterocycles. The number of morpholine rings is 1. The molecular weight excluding hydrogens is 278 g/mol. The molecule has 5 nitrogen and oxygen atoms in total. The molecule has 0 bridgehead atoms. The Balaban J connectivity index is 0.00000200. The molecule has 0 aliphatic carbocycles. The molecule has 2 rings (SSSR count). The molecule has 0 atom stereocenters. The highest BCUT2D eigenvalue weighted by Gasteiger charge is 2.14. The predicted octanol–water partition coefficient (Wildman–Crippen LogP) is 0.781. The van der Waals surface area contributed by atoms with Crippen molar-refractivity contribution in [3.63, 3.8) is 0 Å². The molecule has 0 radical (unpaired) electrons. The summed E-state index contributed by atoms with van der Waals surface area (Å²) in [7, 11) is 1.77. The smallest absolute Gasteiger partial charge is 0.234 e. The van der Waals surface area contributed by atoms with Crippen molar-refractivity contribution in [2.75, 3.05) is 44.8 Å². The SMILES string of the molecule is CNCC(=O)NCc1ccccc1N1CCOCC1.Cl. The third kappa shape index (κ3) is 4.67. The molecule has 0 unspecified atom stereocenters. The van der Waals surface area contributed by atoms with Gasteiger partial charge in [0.05, 0.1) is 19.8 Å². The van der Waals surface area contributed by atoms with E-state index < -0.39 is 0 Å². The normalized spacial score (nSPS) is 14.6. The van der Waals surface area contributed by atoms with E-state index in [4.69, 9.17) is 4.74 Å². The monoisotopic (exact) mass is 299 g/mol. The molecule has 1 saturated heterocycles. The summed E-state index contributed by atoms with van der Waals surface area (Å²) < 4.78 is 5.37. The third-order valence-corrected chi connectivity index (χ3v) is 3.16. The van der Waals surface area contributed by atoms with Crippen LogP contribution in [-0.2, 0) is 16.1 Å². The first kappa shape index (κ1) is 16.8. The van der Waals surface area contributed by atoms with E-state index in [1.165, 1.54) is 5.69 Å². The maximum atomic E-state index is 11.5. The van der Waals surface area contributed by atoms with E-state index in [-0.39, 0.29) is 18.3 Å². The fourth-order valence-electron chi connectivity index (χ4n) is 2.19. The maximum Gasteiger partial charge on any atom is 0.234 e. The lowest BCUT2D eigenvalue weighted by atomic mass is 10.1. The summed E-state index contributed by atoms with van der Waals surface area (Å²) in [5.41, 5.74) is 2.34. The third-order valence-electron chi connectivity index (χ3n) is 3.16. The van der Waals surface area contributed by atoms with Crippen LogP contribution in [0.1, 0.15) is 5.56 Å². The minimum absolute atomic E-state index is 0. The van der Waals surface area contributed by atoms with Crippen molar-refractivity contribution in [2.24, 2.45) is 0 Å². The van der Waals surface area contributed by atoms with Crippen molar-refractivity contribution < 1.29 is 9.53 Å². The lowest BCUT2D eigenvalue weighted by Crippen LogP contribution is -2.37. The average molecular weight is 300 g/mol. The summed E-state index contributed by atoms with van der Waals surface area (Å²) in [5.74, 6) is 0.0132. The number of halogens is 1. The molecule has 20 heavy (non-hydrogen) atoms. The summed E-state index contributed by atoms with van der Waals surface area (Å²) >= 11 is 0. The number of benzene rings is 1. The van der Waals surface area contributed by atoms with E-state index in [1.807, 2.05) is 12.1 Å². The number of anilines is 1. The number of nitrogens with one attached hydrogen (secondary N) is 2. The van der Waals surface area contributed by atoms with Crippen molar-refractivity contribution in [2.45, 2.75) is 6.54 Å². The molecule has 0 saturated carbocycles. The Morgan fingerprint density at radius 1 is 1.30 bits per heavy atom. The number of hydrogen-bond donors (Lipinski definition) is 2. The minimum Gasteiger partial charge on any atom is -0.378 e. The molecular formula is C14H22ClN3O2. The van der Waals surface area contributed by atoms with E-state index >= 15 is 0 Å². The van der Waals surface area contributed by atoms with Crippen LogP contribution in [0, 0.1) is 0 Å². The van der Waals surface area contributed by atoms with Crippen molar-refractivity contribution in [3.8, 4) is 0 Å². The highest BCUT2D eigenvalue weighted by atomic mass is 35.5. The van der Waals surface area contributed by atoms with Gasteiger partial charge in [-0.25, -0.2) is 0 Å². The van der Waals surface area contributed by atoms with Crippen LogP contribution in [0.15, 0.2) is 24.3 Å². The Kier molecular flexibility index (Phi) is 7.36. The first-order valence-corrected chi connectivity index (χ1v) is 6.63. The molecule has 1 aliphatic rings. The highest BCUT2D eigenvalue weighted by molar-refractivity contribution is 5.85. The molecule has 2 N–H and O–H groups in total. The summed E-state index contributed by atoms with van der Waals surface area (Å²) in [6.07, 6.45) is 0. The van der Waals surface area contributed by atoms with Crippen LogP contribution in [0.5, 0.6) is 0 Å². The topological polar surface area (TPSA) is 53.6 Å². The highest BCUT2D eigenvalue weighted by Crippen LogP contribution is 2.21. The molecule has 0 spiro atoms. The van der Waals surface area contributed by atoms with E-state index in [0.29, 0.717) is 13.1 Å². The van der Waals surface area contributed by atoms with Crippen LogP contribution in [0.3, 0.4) is 0 Å². The Morgan fingerprint density at radius 2 is 2.00 bits per heavy atom. The maximum absolute atomic E-state index is 11.5. The van der Waals surface area contributed by atoms with E-state index in [9.17, 15) is 4.79 Å². The summed E-state index contributed by atoms with van der Waals surface area (Å²) in [6, 6.07) is 8.20. The van der Waals surface area contributed by atoms with Gasteiger partial charge in [-0.1, -0.05) is 18.2 Å². The molecule has 112 valence electrons. The second kappa shape index (κ2) is 8.79. The molecule has 0 aromatic heterocycles. The van der Waals surface area contributed by atoms with Crippen molar-refractivity contribution in [3.05, 3.63) is 29.8 Å². The molecule has 1 amide bonds. The van der Waals surface area contributed by atoms with Crippen LogP contribution in [0.2, 0.25) is 0 Å².